The molecule has 0 aliphatic carbocycles. The van der Waals surface area contributed by atoms with E-state index in [1.807, 2.05) is 6.92 Å². The maximum absolute atomic E-state index is 8.99. The zero-order valence-corrected chi connectivity index (χ0v) is 6.18. The van der Waals surface area contributed by atoms with Gasteiger partial charge < -0.3 is 5.11 Å². The first kappa shape index (κ1) is 7.96. The van der Waals surface area contributed by atoms with E-state index in [1.165, 1.54) is 0 Å². The van der Waals surface area contributed by atoms with Gasteiger partial charge in [0.1, 0.15) is 0 Å². The van der Waals surface area contributed by atoms with Gasteiger partial charge in [0.2, 0.25) is 0 Å². The van der Waals surface area contributed by atoms with Crippen LogP contribution in [0.1, 0.15) is 27.7 Å². The molecule has 0 aromatic heterocycles. The Morgan fingerprint density at radius 3 is 1.38 bits per heavy atom. The Morgan fingerprint density at radius 1 is 1.00 bits per heavy atom. The fraction of sp³-hybridized carbons (Fsp3) is 1.00. The van der Waals surface area contributed by atoms with Crippen LogP contribution in [-0.4, -0.2) is 11.2 Å². The fourth-order valence-corrected chi connectivity index (χ4v) is 0.557. The van der Waals surface area contributed by atoms with Crippen molar-refractivity contribution in [3.8, 4) is 0 Å². The van der Waals surface area contributed by atoms with Crippen LogP contribution in [0.2, 0.25) is 0 Å². The fourth-order valence-electron chi connectivity index (χ4n) is 0.557. The van der Waals surface area contributed by atoms with E-state index >= 15 is 0 Å². The van der Waals surface area contributed by atoms with E-state index in [0.29, 0.717) is 11.8 Å². The molecule has 0 fully saturated rings. The molecule has 0 heterocycles. The second-order valence-electron chi connectivity index (χ2n) is 2.84. The van der Waals surface area contributed by atoms with E-state index in [2.05, 4.69) is 20.8 Å². The Hall–Kier alpha value is -0.0400. The van der Waals surface area contributed by atoms with Crippen LogP contribution < -0.4 is 0 Å². The first-order valence-electron chi connectivity index (χ1n) is 3.23. The lowest BCUT2D eigenvalue weighted by Gasteiger charge is -2.17. The molecule has 0 saturated carbocycles. The molecule has 1 heteroatoms. The summed E-state index contributed by atoms with van der Waals surface area (Å²) in [6.45, 7) is 8.15. The second kappa shape index (κ2) is 3.08. The summed E-state index contributed by atoms with van der Waals surface area (Å²) in [5.41, 5.74) is 0. The van der Waals surface area contributed by atoms with Crippen LogP contribution in [0.3, 0.4) is 0 Å². The highest BCUT2D eigenvalue weighted by Crippen LogP contribution is 2.12. The highest BCUT2D eigenvalue weighted by Gasteiger charge is 2.11. The molecule has 0 amide bonds. The molecule has 0 aliphatic rings. The normalized spacial score (nSPS) is 18.8. The average Bonchev–Trinajstić information content (AvgIpc) is 1.64. The molecule has 0 spiro atoms. The standard InChI is InChI=1S/C7H16O/c1-5(2)6(3)7(4)8/h5-8H,1-4H3/t6-,7+/m1/s1. The maximum Gasteiger partial charge on any atom is 0.0540 e. The molecule has 0 aromatic carbocycles. The molecule has 1 N–H and O–H groups in total. The van der Waals surface area contributed by atoms with Gasteiger partial charge in [0.25, 0.3) is 0 Å². The van der Waals surface area contributed by atoms with Gasteiger partial charge in [0, 0.05) is 0 Å². The molecule has 0 aliphatic heterocycles. The van der Waals surface area contributed by atoms with Crippen LogP contribution in [-0.2, 0) is 0 Å². The van der Waals surface area contributed by atoms with Gasteiger partial charge in [-0.05, 0) is 18.8 Å². The van der Waals surface area contributed by atoms with Gasteiger partial charge in [-0.15, -0.1) is 0 Å². The van der Waals surface area contributed by atoms with Gasteiger partial charge in [-0.3, -0.25) is 0 Å². The van der Waals surface area contributed by atoms with Gasteiger partial charge >= 0.3 is 0 Å². The molecular formula is C7H16O. The summed E-state index contributed by atoms with van der Waals surface area (Å²) < 4.78 is 0. The summed E-state index contributed by atoms with van der Waals surface area (Å²) >= 11 is 0. The van der Waals surface area contributed by atoms with Crippen LogP contribution in [0.25, 0.3) is 0 Å². The Morgan fingerprint density at radius 2 is 1.38 bits per heavy atom. The molecule has 0 radical (unpaired) electrons. The Bertz CT molecular complexity index is 49.4. The van der Waals surface area contributed by atoms with Crippen molar-refractivity contribution in [2.24, 2.45) is 11.8 Å². The first-order valence-corrected chi connectivity index (χ1v) is 3.23. The third-order valence-electron chi connectivity index (χ3n) is 1.81. The number of aliphatic hydroxyl groups excluding tert-OH is 1. The van der Waals surface area contributed by atoms with Crippen molar-refractivity contribution >= 4 is 0 Å². The molecule has 0 saturated heterocycles. The third-order valence-corrected chi connectivity index (χ3v) is 1.81. The number of hydrogen-bond acceptors (Lipinski definition) is 1. The summed E-state index contributed by atoms with van der Waals surface area (Å²) in [7, 11) is 0. The van der Waals surface area contributed by atoms with E-state index in [9.17, 15) is 0 Å². The van der Waals surface area contributed by atoms with Crippen molar-refractivity contribution in [1.82, 2.24) is 0 Å². The SMILES string of the molecule is CC(C)[C@@H](C)[C@H](C)O. The zero-order chi connectivity index (χ0) is 6.73. The molecule has 1 nitrogen and oxygen atoms in total. The number of aliphatic hydroxyl groups is 1. The Balaban J connectivity index is 3.46. The highest BCUT2D eigenvalue weighted by atomic mass is 16.3. The topological polar surface area (TPSA) is 20.2 Å². The Kier molecular flexibility index (Phi) is 3.06. The minimum Gasteiger partial charge on any atom is -0.393 e. The molecule has 2 atom stereocenters. The van der Waals surface area contributed by atoms with E-state index < -0.39 is 0 Å². The summed E-state index contributed by atoms with van der Waals surface area (Å²) in [5, 5.41) is 8.99. The maximum atomic E-state index is 8.99. The predicted octanol–water partition coefficient (Wildman–Crippen LogP) is 1.66. The monoisotopic (exact) mass is 116 g/mol. The summed E-state index contributed by atoms with van der Waals surface area (Å²) in [6, 6.07) is 0. The second-order valence-corrected chi connectivity index (χ2v) is 2.84. The van der Waals surface area contributed by atoms with Crippen molar-refractivity contribution in [3.05, 3.63) is 0 Å². The van der Waals surface area contributed by atoms with Crippen LogP contribution in [0, 0.1) is 11.8 Å². The number of hydrogen-bond donors (Lipinski definition) is 1. The van der Waals surface area contributed by atoms with E-state index in [-0.39, 0.29) is 6.10 Å². The third kappa shape index (κ3) is 2.31. The van der Waals surface area contributed by atoms with Crippen LogP contribution in [0.15, 0.2) is 0 Å². The molecule has 50 valence electrons. The van der Waals surface area contributed by atoms with E-state index in [4.69, 9.17) is 5.11 Å². The van der Waals surface area contributed by atoms with Crippen LogP contribution >= 0.6 is 0 Å². The smallest absolute Gasteiger partial charge is 0.0540 e. The largest absolute Gasteiger partial charge is 0.393 e. The lowest BCUT2D eigenvalue weighted by atomic mass is 9.93. The molecule has 0 aromatic rings. The van der Waals surface area contributed by atoms with E-state index in [1.54, 1.807) is 0 Å². The van der Waals surface area contributed by atoms with Gasteiger partial charge in [0.15, 0.2) is 0 Å². The molecule has 8 heavy (non-hydrogen) atoms. The summed E-state index contributed by atoms with van der Waals surface area (Å²) in [4.78, 5) is 0. The first-order chi connectivity index (χ1) is 3.55. The molecule has 0 unspecified atom stereocenters. The summed E-state index contributed by atoms with van der Waals surface area (Å²) in [6.07, 6.45) is -0.157. The van der Waals surface area contributed by atoms with Crippen molar-refractivity contribution in [1.29, 1.82) is 0 Å². The zero-order valence-electron chi connectivity index (χ0n) is 6.18. The lowest BCUT2D eigenvalue weighted by molar-refractivity contribution is 0.109. The van der Waals surface area contributed by atoms with Gasteiger partial charge in [-0.25, -0.2) is 0 Å². The average molecular weight is 116 g/mol. The molecular weight excluding hydrogens is 100 g/mol. The molecule has 0 bridgehead atoms. The van der Waals surface area contributed by atoms with Crippen molar-refractivity contribution in [2.45, 2.75) is 33.8 Å². The van der Waals surface area contributed by atoms with Gasteiger partial charge in [-0.1, -0.05) is 20.8 Å². The van der Waals surface area contributed by atoms with E-state index in [0.717, 1.165) is 0 Å². The Labute approximate surface area is 51.7 Å². The predicted molar refractivity (Wildman–Crippen MR) is 35.7 cm³/mol. The highest BCUT2D eigenvalue weighted by molar-refractivity contribution is 4.61. The number of rotatable bonds is 2. The van der Waals surface area contributed by atoms with Crippen LogP contribution in [0.4, 0.5) is 0 Å². The van der Waals surface area contributed by atoms with Crippen LogP contribution in [0.5, 0.6) is 0 Å². The van der Waals surface area contributed by atoms with Crippen molar-refractivity contribution < 1.29 is 5.11 Å². The molecule has 0 rings (SSSR count). The quantitative estimate of drug-likeness (QED) is 0.581. The lowest BCUT2D eigenvalue weighted by Crippen LogP contribution is -2.18. The minimum atomic E-state index is -0.157. The van der Waals surface area contributed by atoms with Gasteiger partial charge in [-0.2, -0.15) is 0 Å². The van der Waals surface area contributed by atoms with Crippen molar-refractivity contribution in [3.63, 3.8) is 0 Å². The van der Waals surface area contributed by atoms with Gasteiger partial charge in [0.05, 0.1) is 6.10 Å². The van der Waals surface area contributed by atoms with Crippen molar-refractivity contribution in [2.75, 3.05) is 0 Å². The minimum absolute atomic E-state index is 0.157. The summed E-state index contributed by atoms with van der Waals surface area (Å²) in [5.74, 6) is 1.02.